The van der Waals surface area contributed by atoms with Crippen LogP contribution in [-0.4, -0.2) is 11.1 Å². The molecule has 2 aromatic rings. The number of carboxylic acids is 1. The lowest BCUT2D eigenvalue weighted by atomic mass is 9.70. The summed E-state index contributed by atoms with van der Waals surface area (Å²) in [6.45, 7) is 0. The van der Waals surface area contributed by atoms with Crippen LogP contribution in [0, 0.1) is 11.8 Å². The van der Waals surface area contributed by atoms with Gasteiger partial charge < -0.3 is 5.11 Å². The van der Waals surface area contributed by atoms with Gasteiger partial charge in [0.05, 0.1) is 5.92 Å². The second kappa shape index (κ2) is 4.73. The monoisotopic (exact) mass is 278 g/mol. The highest BCUT2D eigenvalue weighted by Gasteiger charge is 2.34. The van der Waals surface area contributed by atoms with Crippen molar-refractivity contribution in [2.24, 2.45) is 11.8 Å². The minimum absolute atomic E-state index is 0.275. The summed E-state index contributed by atoms with van der Waals surface area (Å²) in [6, 6.07) is 12.9. The van der Waals surface area contributed by atoms with Crippen LogP contribution in [0.4, 0.5) is 0 Å². The second-order valence-corrected chi connectivity index (χ2v) is 6.27. The lowest BCUT2D eigenvalue weighted by Gasteiger charge is -2.34. The maximum atomic E-state index is 11.5. The predicted molar refractivity (Wildman–Crippen MR) is 84.1 cm³/mol. The van der Waals surface area contributed by atoms with Gasteiger partial charge in [-0.15, -0.1) is 0 Å². The molecule has 0 spiro atoms. The molecule has 1 N–H and O–H groups in total. The average molecular weight is 278 g/mol. The van der Waals surface area contributed by atoms with E-state index in [1.54, 1.807) is 0 Å². The first kappa shape index (κ1) is 12.6. The topological polar surface area (TPSA) is 37.3 Å². The molecule has 0 radical (unpaired) electrons. The molecule has 0 saturated heterocycles. The third kappa shape index (κ3) is 2.06. The number of aliphatic carboxylic acids is 1. The van der Waals surface area contributed by atoms with Crippen molar-refractivity contribution in [3.8, 4) is 0 Å². The van der Waals surface area contributed by atoms with Gasteiger partial charge in [0.2, 0.25) is 0 Å². The molecule has 4 rings (SSSR count). The lowest BCUT2D eigenvalue weighted by Crippen LogP contribution is -2.28. The third-order valence-corrected chi connectivity index (χ3v) is 5.01. The Labute approximate surface area is 124 Å². The van der Waals surface area contributed by atoms with E-state index < -0.39 is 5.97 Å². The zero-order valence-corrected chi connectivity index (χ0v) is 11.9. The summed E-state index contributed by atoms with van der Waals surface area (Å²) >= 11 is 0. The Hall–Kier alpha value is -2.09. The first-order chi connectivity index (χ1) is 10.2. The van der Waals surface area contributed by atoms with Crippen LogP contribution in [0.3, 0.4) is 0 Å². The van der Waals surface area contributed by atoms with Gasteiger partial charge in [-0.1, -0.05) is 48.4 Å². The van der Waals surface area contributed by atoms with Crippen molar-refractivity contribution in [1.29, 1.82) is 0 Å². The van der Waals surface area contributed by atoms with Crippen LogP contribution >= 0.6 is 0 Å². The molecule has 2 aliphatic rings. The first-order valence-corrected chi connectivity index (χ1v) is 7.68. The first-order valence-electron chi connectivity index (χ1n) is 7.68. The zero-order chi connectivity index (χ0) is 14.4. The van der Waals surface area contributed by atoms with Crippen LogP contribution < -0.4 is 0 Å². The average Bonchev–Trinajstić information content (AvgIpc) is 2.50. The van der Waals surface area contributed by atoms with Gasteiger partial charge in [0.25, 0.3) is 0 Å². The van der Waals surface area contributed by atoms with Crippen molar-refractivity contribution < 1.29 is 9.90 Å². The molecule has 2 aromatic carbocycles. The molecule has 2 heteroatoms. The molecule has 0 heterocycles. The maximum Gasteiger partial charge on any atom is 0.310 e. The van der Waals surface area contributed by atoms with E-state index >= 15 is 0 Å². The van der Waals surface area contributed by atoms with E-state index in [0.29, 0.717) is 5.92 Å². The minimum Gasteiger partial charge on any atom is -0.481 e. The van der Waals surface area contributed by atoms with Gasteiger partial charge in [-0.05, 0) is 53.1 Å². The number of fused-ring (bicyclic) bond motifs is 3. The largest absolute Gasteiger partial charge is 0.481 e. The number of rotatable bonds is 1. The van der Waals surface area contributed by atoms with Gasteiger partial charge in [-0.25, -0.2) is 0 Å². The number of benzene rings is 2. The zero-order valence-electron chi connectivity index (χ0n) is 11.9. The molecule has 0 amide bonds. The van der Waals surface area contributed by atoms with Crippen molar-refractivity contribution in [3.63, 3.8) is 0 Å². The summed E-state index contributed by atoms with van der Waals surface area (Å²) in [4.78, 5) is 11.5. The van der Waals surface area contributed by atoms with Crippen molar-refractivity contribution in [2.45, 2.75) is 25.7 Å². The fourth-order valence-corrected chi connectivity index (χ4v) is 3.95. The number of hydrogen-bond acceptors (Lipinski definition) is 1. The molecule has 1 fully saturated rings. The van der Waals surface area contributed by atoms with E-state index in [-0.39, 0.29) is 5.92 Å². The highest BCUT2D eigenvalue weighted by molar-refractivity contribution is 5.87. The van der Waals surface area contributed by atoms with E-state index in [1.807, 2.05) is 6.07 Å². The summed E-state index contributed by atoms with van der Waals surface area (Å²) in [5.74, 6) is -0.507. The summed E-state index contributed by atoms with van der Waals surface area (Å²) in [5, 5.41) is 12.0. The summed E-state index contributed by atoms with van der Waals surface area (Å²) in [6.07, 6.45) is 6.11. The van der Waals surface area contributed by atoms with Crippen LogP contribution in [0.5, 0.6) is 0 Å². The Bertz CT molecular complexity index is 757. The Morgan fingerprint density at radius 3 is 2.62 bits per heavy atom. The second-order valence-electron chi connectivity index (χ2n) is 6.27. The minimum atomic E-state index is -0.657. The molecule has 2 atom stereocenters. The number of carboxylic acid groups (broad SMARTS) is 1. The van der Waals surface area contributed by atoms with Crippen molar-refractivity contribution >= 4 is 22.8 Å². The molecule has 106 valence electrons. The maximum absolute atomic E-state index is 11.5. The standard InChI is InChI=1S/C19H18O2/c20-19(21)17-7-3-6-14-10-15-8-12-4-1-2-5-13(12)9-16(15)11-18(14)17/h1-2,4-5,8-9,11,14,17H,3,6-7,10H2,(H,20,21). The van der Waals surface area contributed by atoms with Gasteiger partial charge in [0.15, 0.2) is 0 Å². The quantitative estimate of drug-likeness (QED) is 0.845. The fraction of sp³-hybridized carbons (Fsp3) is 0.316. The van der Waals surface area contributed by atoms with Crippen molar-refractivity contribution in [2.75, 3.05) is 0 Å². The van der Waals surface area contributed by atoms with Crippen molar-refractivity contribution in [1.82, 2.24) is 0 Å². The molecule has 2 nitrogen and oxygen atoms in total. The lowest BCUT2D eigenvalue weighted by molar-refractivity contribution is -0.141. The van der Waals surface area contributed by atoms with E-state index in [2.05, 4.69) is 36.4 Å². The number of carbonyl (C=O) groups is 1. The molecular formula is C19H18O2. The molecule has 1 saturated carbocycles. The van der Waals surface area contributed by atoms with E-state index in [0.717, 1.165) is 31.3 Å². The Balaban J connectivity index is 1.86. The highest BCUT2D eigenvalue weighted by atomic mass is 16.4. The summed E-state index contributed by atoms with van der Waals surface area (Å²) in [5.41, 5.74) is 3.73. The SMILES string of the molecule is O=C(O)C1CCCC2Cc3cc4ccccc4cc3C=C21. The van der Waals surface area contributed by atoms with Crippen LogP contribution in [0.1, 0.15) is 30.4 Å². The predicted octanol–water partition coefficient (Wildman–Crippen LogP) is 4.28. The van der Waals surface area contributed by atoms with E-state index in [4.69, 9.17) is 0 Å². The third-order valence-electron chi connectivity index (χ3n) is 5.01. The Morgan fingerprint density at radius 2 is 1.86 bits per heavy atom. The van der Waals surface area contributed by atoms with Gasteiger partial charge in [-0.3, -0.25) is 4.79 Å². The Kier molecular flexibility index (Phi) is 2.85. The fourth-order valence-electron chi connectivity index (χ4n) is 3.95. The van der Waals surface area contributed by atoms with Crippen LogP contribution in [0.2, 0.25) is 0 Å². The van der Waals surface area contributed by atoms with Gasteiger partial charge in [0, 0.05) is 0 Å². The van der Waals surface area contributed by atoms with Gasteiger partial charge >= 0.3 is 5.97 Å². The van der Waals surface area contributed by atoms with Crippen LogP contribution in [-0.2, 0) is 11.2 Å². The molecule has 0 aromatic heterocycles. The van der Waals surface area contributed by atoms with Gasteiger partial charge in [0.1, 0.15) is 0 Å². The smallest absolute Gasteiger partial charge is 0.310 e. The molecule has 2 aliphatic carbocycles. The van der Waals surface area contributed by atoms with Crippen LogP contribution in [0.25, 0.3) is 16.8 Å². The molecule has 0 aliphatic heterocycles. The summed E-state index contributed by atoms with van der Waals surface area (Å²) in [7, 11) is 0. The van der Waals surface area contributed by atoms with E-state index in [9.17, 15) is 9.90 Å². The molecule has 0 bridgehead atoms. The van der Waals surface area contributed by atoms with Gasteiger partial charge in [-0.2, -0.15) is 0 Å². The normalized spacial score (nSPS) is 24.1. The molecular weight excluding hydrogens is 260 g/mol. The number of hydrogen-bond donors (Lipinski definition) is 1. The summed E-state index contributed by atoms with van der Waals surface area (Å²) < 4.78 is 0. The van der Waals surface area contributed by atoms with Crippen molar-refractivity contribution in [3.05, 3.63) is 53.1 Å². The highest BCUT2D eigenvalue weighted by Crippen LogP contribution is 2.42. The van der Waals surface area contributed by atoms with Crippen LogP contribution in [0.15, 0.2) is 42.0 Å². The van der Waals surface area contributed by atoms with E-state index in [1.165, 1.54) is 21.9 Å². The Morgan fingerprint density at radius 1 is 1.10 bits per heavy atom. The molecule has 21 heavy (non-hydrogen) atoms. The molecule has 2 unspecified atom stereocenters.